The van der Waals surface area contributed by atoms with Gasteiger partial charge in [-0.25, -0.2) is 0 Å². The normalized spacial score (nSPS) is 8.92. The molecule has 0 amide bonds. The molecule has 0 atom stereocenters. The predicted molar refractivity (Wildman–Crippen MR) is 35.8 cm³/mol. The van der Waals surface area contributed by atoms with Gasteiger partial charge in [-0.2, -0.15) is 0 Å². The van der Waals surface area contributed by atoms with Crippen LogP contribution < -0.4 is 34.7 Å². The van der Waals surface area contributed by atoms with Gasteiger partial charge >= 0.3 is 29.6 Å². The monoisotopic (exact) mass is 192 g/mol. The zero-order valence-corrected chi connectivity index (χ0v) is 8.81. The molecule has 0 fully saturated rings. The van der Waals surface area contributed by atoms with Crippen molar-refractivity contribution in [2.24, 2.45) is 0 Å². The van der Waals surface area contributed by atoms with Crippen molar-refractivity contribution in [3.8, 4) is 17.2 Å². The Kier molecular flexibility index (Phi) is 4.06. The van der Waals surface area contributed by atoms with Crippen LogP contribution in [0.4, 0.5) is 0 Å². The summed E-state index contributed by atoms with van der Waals surface area (Å²) < 4.78 is 0. The molecule has 1 rings (SSSR count). The van der Waals surface area contributed by atoms with Gasteiger partial charge in [0.2, 0.25) is 5.75 Å². The van der Waals surface area contributed by atoms with E-state index in [1.54, 1.807) is 0 Å². The van der Waals surface area contributed by atoms with Crippen molar-refractivity contribution in [3.05, 3.63) is 17.7 Å². The fourth-order valence-electron chi connectivity index (χ4n) is 0.734. The molecule has 13 heavy (non-hydrogen) atoms. The number of carboxylic acids is 1. The van der Waals surface area contributed by atoms with Gasteiger partial charge in [0, 0.05) is 5.56 Å². The van der Waals surface area contributed by atoms with Gasteiger partial charge in [-0.15, -0.1) is 0 Å². The minimum absolute atomic E-state index is 0. The summed E-state index contributed by atoms with van der Waals surface area (Å²) in [6, 6.07) is 1.87. The average Bonchev–Trinajstić information content (AvgIpc) is 2.00. The maximum Gasteiger partial charge on any atom is 1.00 e. The molecule has 5 nitrogen and oxygen atoms in total. The third-order valence-corrected chi connectivity index (χ3v) is 1.35. The zero-order valence-electron chi connectivity index (χ0n) is 6.81. The van der Waals surface area contributed by atoms with Crippen LogP contribution in [-0.2, 0) is 0 Å². The zero-order chi connectivity index (χ0) is 9.30. The molecule has 0 aliphatic rings. The van der Waals surface area contributed by atoms with E-state index >= 15 is 0 Å². The van der Waals surface area contributed by atoms with Gasteiger partial charge in [0.25, 0.3) is 0 Å². The Bertz CT molecular complexity index is 336. The van der Waals surface area contributed by atoms with Crippen LogP contribution >= 0.6 is 0 Å². The first-order chi connectivity index (χ1) is 5.54. The molecule has 0 bridgehead atoms. The number of carbonyl (C=O) groups excluding carboxylic acids is 1. The number of phenolic OH excluding ortho intramolecular Hbond substituents is 2. The predicted octanol–water partition coefficient (Wildman–Crippen LogP) is -3.83. The van der Waals surface area contributed by atoms with Crippen LogP contribution in [0.5, 0.6) is 17.2 Å². The molecule has 0 spiro atoms. The third kappa shape index (κ3) is 2.27. The van der Waals surface area contributed by atoms with Gasteiger partial charge in [-0.05, 0) is 12.1 Å². The summed E-state index contributed by atoms with van der Waals surface area (Å²) in [5.74, 6) is -3.97. The molecular weight excluding hydrogens is 187 g/mol. The van der Waals surface area contributed by atoms with Crippen LogP contribution in [0.25, 0.3) is 0 Å². The smallest absolute Gasteiger partial charge is 0.545 e. The van der Waals surface area contributed by atoms with Crippen molar-refractivity contribution in [1.29, 1.82) is 0 Å². The molecular formula is C7H5NaO5. The number of aromatic hydroxyl groups is 3. The standard InChI is InChI=1S/C7H6O5.Na/c8-4-2-1-3(7(11)12)5(9)6(4)10;/h1-2,8-10H,(H,11,12);/q;+1/p-1. The van der Waals surface area contributed by atoms with Crippen LogP contribution in [0.3, 0.4) is 0 Å². The Morgan fingerprint density at radius 2 is 1.69 bits per heavy atom. The second-order valence-electron chi connectivity index (χ2n) is 2.12. The molecule has 0 aliphatic heterocycles. The van der Waals surface area contributed by atoms with E-state index in [4.69, 9.17) is 15.3 Å². The summed E-state index contributed by atoms with van der Waals surface area (Å²) in [4.78, 5) is 10.2. The van der Waals surface area contributed by atoms with Gasteiger partial charge in [0.1, 0.15) is 0 Å². The largest absolute Gasteiger partial charge is 1.00 e. The molecule has 0 aliphatic carbocycles. The first-order valence-corrected chi connectivity index (χ1v) is 2.99. The van der Waals surface area contributed by atoms with Crippen LogP contribution in [0.2, 0.25) is 0 Å². The quantitative estimate of drug-likeness (QED) is 0.312. The minimum atomic E-state index is -1.62. The molecule has 0 saturated heterocycles. The molecule has 1 aromatic rings. The van der Waals surface area contributed by atoms with Crippen LogP contribution in [0.15, 0.2) is 12.1 Å². The number of phenols is 3. The van der Waals surface area contributed by atoms with Crippen LogP contribution in [-0.4, -0.2) is 21.3 Å². The van der Waals surface area contributed by atoms with Crippen LogP contribution in [0.1, 0.15) is 10.4 Å². The fourth-order valence-corrected chi connectivity index (χ4v) is 0.734. The molecule has 0 saturated carbocycles. The van der Waals surface area contributed by atoms with Crippen molar-refractivity contribution < 1.29 is 54.8 Å². The van der Waals surface area contributed by atoms with E-state index in [-0.39, 0.29) is 29.6 Å². The molecule has 1 aromatic carbocycles. The van der Waals surface area contributed by atoms with E-state index in [2.05, 4.69) is 0 Å². The van der Waals surface area contributed by atoms with Crippen LogP contribution in [0, 0.1) is 0 Å². The fraction of sp³-hybridized carbons (Fsp3) is 0. The summed E-state index contributed by atoms with van der Waals surface area (Å²) in [6.07, 6.45) is 0. The van der Waals surface area contributed by atoms with Crippen molar-refractivity contribution in [3.63, 3.8) is 0 Å². The van der Waals surface area contributed by atoms with Gasteiger partial charge in [-0.3, -0.25) is 0 Å². The van der Waals surface area contributed by atoms with Gasteiger partial charge in [0.05, 0.1) is 5.97 Å². The first-order valence-electron chi connectivity index (χ1n) is 2.99. The number of rotatable bonds is 1. The number of hydrogen-bond donors (Lipinski definition) is 3. The Labute approximate surface area is 95.5 Å². The summed E-state index contributed by atoms with van der Waals surface area (Å²) >= 11 is 0. The van der Waals surface area contributed by atoms with Gasteiger partial charge in [0.15, 0.2) is 11.5 Å². The molecule has 0 radical (unpaired) electrons. The van der Waals surface area contributed by atoms with E-state index in [9.17, 15) is 9.90 Å². The molecule has 0 unspecified atom stereocenters. The SMILES string of the molecule is O=C([O-])c1ccc(O)c(O)c1O.[Na+]. The maximum absolute atomic E-state index is 10.2. The van der Waals surface area contributed by atoms with E-state index in [1.807, 2.05) is 0 Å². The number of aromatic carboxylic acids is 1. The Morgan fingerprint density at radius 3 is 2.15 bits per heavy atom. The minimum Gasteiger partial charge on any atom is -0.545 e. The van der Waals surface area contributed by atoms with Gasteiger partial charge in [-0.1, -0.05) is 0 Å². The molecule has 6 heteroatoms. The summed E-state index contributed by atoms with van der Waals surface area (Å²) in [5, 5.41) is 36.8. The van der Waals surface area contributed by atoms with Crippen molar-refractivity contribution in [2.45, 2.75) is 0 Å². The number of benzene rings is 1. The average molecular weight is 192 g/mol. The van der Waals surface area contributed by atoms with E-state index < -0.39 is 28.8 Å². The second kappa shape index (κ2) is 4.36. The molecule has 0 heterocycles. The number of carboxylic acid groups (broad SMARTS) is 1. The maximum atomic E-state index is 10.2. The first kappa shape index (κ1) is 12.1. The van der Waals surface area contributed by atoms with E-state index in [0.717, 1.165) is 12.1 Å². The Balaban J connectivity index is 0.00000144. The Hall–Kier alpha value is -0.910. The van der Waals surface area contributed by atoms with Crippen molar-refractivity contribution in [2.75, 3.05) is 0 Å². The molecule has 3 N–H and O–H groups in total. The topological polar surface area (TPSA) is 101 Å². The van der Waals surface area contributed by atoms with E-state index in [1.165, 1.54) is 0 Å². The molecule has 64 valence electrons. The summed E-state index contributed by atoms with van der Waals surface area (Å²) in [5.41, 5.74) is -0.565. The van der Waals surface area contributed by atoms with Gasteiger partial charge < -0.3 is 25.2 Å². The second-order valence-corrected chi connectivity index (χ2v) is 2.12. The number of carbonyl (C=O) groups is 1. The van der Waals surface area contributed by atoms with Crippen molar-refractivity contribution >= 4 is 5.97 Å². The Morgan fingerprint density at radius 1 is 1.15 bits per heavy atom. The van der Waals surface area contributed by atoms with E-state index in [0.29, 0.717) is 0 Å². The molecule has 0 aromatic heterocycles. The summed E-state index contributed by atoms with van der Waals surface area (Å²) in [6.45, 7) is 0. The summed E-state index contributed by atoms with van der Waals surface area (Å²) in [7, 11) is 0. The third-order valence-electron chi connectivity index (χ3n) is 1.35. The van der Waals surface area contributed by atoms with Crippen molar-refractivity contribution in [1.82, 2.24) is 0 Å². The number of hydrogen-bond acceptors (Lipinski definition) is 5.